The Morgan fingerprint density at radius 3 is 2.39 bits per heavy atom. The lowest BCUT2D eigenvalue weighted by Gasteiger charge is -2.39. The Kier molecular flexibility index (Phi) is 6.14. The zero-order valence-corrected chi connectivity index (χ0v) is 18.9. The minimum absolute atomic E-state index is 0.0961. The first-order chi connectivity index (χ1) is 16.1. The largest absolute Gasteiger partial charge is 0.497 e. The molecular weight excluding hydrogens is 415 g/mol. The van der Waals surface area contributed by atoms with Crippen molar-refractivity contribution < 1.29 is 13.9 Å². The fraction of sp³-hybridized carbons (Fsp3) is 0.321. The van der Waals surface area contributed by atoms with Crippen LogP contribution < -0.4 is 4.74 Å². The number of fused-ring (bicyclic) bond motifs is 1. The van der Waals surface area contributed by atoms with Gasteiger partial charge in [0, 0.05) is 49.6 Å². The van der Waals surface area contributed by atoms with Crippen LogP contribution in [0.3, 0.4) is 0 Å². The van der Waals surface area contributed by atoms with Gasteiger partial charge in [-0.2, -0.15) is 0 Å². The van der Waals surface area contributed by atoms with Gasteiger partial charge in [-0.1, -0.05) is 42.5 Å². The molecule has 0 radical (unpaired) electrons. The fourth-order valence-electron chi connectivity index (χ4n) is 5.48. The second-order valence-electron chi connectivity index (χ2n) is 9.08. The molecule has 2 fully saturated rings. The summed E-state index contributed by atoms with van der Waals surface area (Å²) in [6, 6.07) is 24.8. The van der Waals surface area contributed by atoms with Crippen molar-refractivity contribution in [2.24, 2.45) is 5.92 Å². The Morgan fingerprint density at radius 1 is 0.970 bits per heavy atom. The lowest BCUT2D eigenvalue weighted by molar-refractivity contribution is 0.0614. The van der Waals surface area contributed by atoms with Gasteiger partial charge < -0.3 is 9.64 Å². The number of carbonyl (C=O) groups is 1. The van der Waals surface area contributed by atoms with E-state index in [1.807, 2.05) is 54.6 Å². The van der Waals surface area contributed by atoms with Crippen LogP contribution in [0.1, 0.15) is 33.8 Å². The molecule has 0 aliphatic carbocycles. The van der Waals surface area contributed by atoms with Gasteiger partial charge in [-0.15, -0.1) is 0 Å². The fourth-order valence-corrected chi connectivity index (χ4v) is 5.48. The molecule has 0 bridgehead atoms. The molecule has 5 rings (SSSR count). The normalized spacial score (nSPS) is 22.7. The molecule has 0 N–H and O–H groups in total. The predicted octanol–water partition coefficient (Wildman–Crippen LogP) is 4.96. The van der Waals surface area contributed by atoms with Crippen molar-refractivity contribution in [3.63, 3.8) is 0 Å². The number of hydrogen-bond donors (Lipinski definition) is 0. The lowest BCUT2D eigenvalue weighted by atomic mass is 9.81. The SMILES string of the molecule is COc1ccc(CN2CC[C@@H]3[C@H](C2)[C@@H](c2ccc(F)cc2)CN3C(=O)c2ccccc2)cc1. The number of benzene rings is 3. The van der Waals surface area contributed by atoms with Gasteiger partial charge in [-0.05, 0) is 53.9 Å². The highest BCUT2D eigenvalue weighted by Gasteiger charge is 2.47. The van der Waals surface area contributed by atoms with Crippen LogP contribution in [0.15, 0.2) is 78.9 Å². The maximum atomic E-state index is 13.6. The van der Waals surface area contributed by atoms with Crippen LogP contribution in [0.25, 0.3) is 0 Å². The van der Waals surface area contributed by atoms with Crippen LogP contribution in [0, 0.1) is 11.7 Å². The molecule has 0 aromatic heterocycles. The first-order valence-corrected chi connectivity index (χ1v) is 11.6. The highest BCUT2D eigenvalue weighted by molar-refractivity contribution is 5.94. The van der Waals surface area contributed by atoms with Crippen molar-refractivity contribution in [2.45, 2.75) is 24.9 Å². The number of rotatable bonds is 5. The van der Waals surface area contributed by atoms with E-state index in [1.165, 1.54) is 17.7 Å². The summed E-state index contributed by atoms with van der Waals surface area (Å²) in [5.41, 5.74) is 3.10. The number of piperidine rings is 1. The third kappa shape index (κ3) is 4.51. The molecule has 3 aromatic rings. The number of nitrogens with zero attached hydrogens (tertiary/aromatic N) is 2. The van der Waals surface area contributed by atoms with E-state index >= 15 is 0 Å². The monoisotopic (exact) mass is 444 g/mol. The van der Waals surface area contributed by atoms with E-state index in [9.17, 15) is 9.18 Å². The molecule has 5 heteroatoms. The van der Waals surface area contributed by atoms with E-state index in [0.717, 1.165) is 42.9 Å². The van der Waals surface area contributed by atoms with Gasteiger partial charge in [0.15, 0.2) is 0 Å². The number of carbonyl (C=O) groups excluding carboxylic acids is 1. The summed E-state index contributed by atoms with van der Waals surface area (Å²) in [6.45, 7) is 3.40. The van der Waals surface area contributed by atoms with Crippen LogP contribution in [-0.4, -0.2) is 48.5 Å². The molecule has 1 amide bonds. The van der Waals surface area contributed by atoms with Crippen molar-refractivity contribution in [2.75, 3.05) is 26.7 Å². The summed E-state index contributed by atoms with van der Waals surface area (Å²) in [5.74, 6) is 1.24. The van der Waals surface area contributed by atoms with E-state index in [1.54, 1.807) is 7.11 Å². The Morgan fingerprint density at radius 2 is 1.70 bits per heavy atom. The first-order valence-electron chi connectivity index (χ1n) is 11.6. The van der Waals surface area contributed by atoms with Gasteiger partial charge in [-0.3, -0.25) is 9.69 Å². The van der Waals surface area contributed by atoms with E-state index in [4.69, 9.17) is 4.74 Å². The van der Waals surface area contributed by atoms with Gasteiger partial charge in [0.1, 0.15) is 11.6 Å². The molecule has 3 aromatic carbocycles. The third-order valence-electron chi connectivity index (χ3n) is 7.16. The molecule has 0 spiro atoms. The molecule has 2 heterocycles. The Bertz CT molecular complexity index is 1090. The third-order valence-corrected chi connectivity index (χ3v) is 7.16. The summed E-state index contributed by atoms with van der Waals surface area (Å²) < 4.78 is 18.9. The molecule has 170 valence electrons. The molecule has 0 unspecified atom stereocenters. The van der Waals surface area contributed by atoms with Crippen molar-refractivity contribution in [1.82, 2.24) is 9.80 Å². The van der Waals surface area contributed by atoms with Crippen molar-refractivity contribution in [1.29, 1.82) is 0 Å². The summed E-state index contributed by atoms with van der Waals surface area (Å²) in [7, 11) is 1.68. The Balaban J connectivity index is 1.38. The summed E-state index contributed by atoms with van der Waals surface area (Å²) >= 11 is 0. The lowest BCUT2D eigenvalue weighted by Crippen LogP contribution is -2.47. The molecule has 2 aliphatic rings. The average molecular weight is 445 g/mol. The highest BCUT2D eigenvalue weighted by atomic mass is 19.1. The Hall–Kier alpha value is -3.18. The molecular formula is C28H29FN2O2. The second kappa shape index (κ2) is 9.36. The number of ether oxygens (including phenoxy) is 1. The number of halogens is 1. The van der Waals surface area contributed by atoms with E-state index in [-0.39, 0.29) is 23.7 Å². The highest BCUT2D eigenvalue weighted by Crippen LogP contribution is 2.42. The molecule has 0 saturated carbocycles. The van der Waals surface area contributed by atoms with Crippen LogP contribution in [0.4, 0.5) is 4.39 Å². The van der Waals surface area contributed by atoms with Gasteiger partial charge in [-0.25, -0.2) is 4.39 Å². The van der Waals surface area contributed by atoms with E-state index < -0.39 is 0 Å². The van der Waals surface area contributed by atoms with Crippen molar-refractivity contribution in [3.05, 3.63) is 101 Å². The standard InChI is InChI=1S/C28H29FN2O2/c1-33-24-13-7-20(8-14-24)17-30-16-15-27-26(18-30)25(21-9-11-23(29)12-10-21)19-31(27)28(32)22-5-3-2-4-6-22/h2-14,25-27H,15-19H2,1H3/t25-,26-,27-/m1/s1. The predicted molar refractivity (Wildman–Crippen MR) is 127 cm³/mol. The summed E-state index contributed by atoms with van der Waals surface area (Å²) in [4.78, 5) is 18.0. The van der Waals surface area contributed by atoms with Gasteiger partial charge in [0.2, 0.25) is 0 Å². The molecule has 3 atom stereocenters. The maximum absolute atomic E-state index is 13.6. The molecule has 2 aliphatic heterocycles. The van der Waals surface area contributed by atoms with E-state index in [0.29, 0.717) is 12.5 Å². The van der Waals surface area contributed by atoms with Crippen molar-refractivity contribution in [3.8, 4) is 5.75 Å². The zero-order valence-electron chi connectivity index (χ0n) is 18.9. The minimum atomic E-state index is -0.227. The smallest absolute Gasteiger partial charge is 0.254 e. The van der Waals surface area contributed by atoms with Crippen molar-refractivity contribution >= 4 is 5.91 Å². The minimum Gasteiger partial charge on any atom is -0.497 e. The van der Waals surface area contributed by atoms with Crippen LogP contribution in [0.2, 0.25) is 0 Å². The summed E-state index contributed by atoms with van der Waals surface area (Å²) in [5, 5.41) is 0. The van der Waals surface area contributed by atoms with E-state index in [2.05, 4.69) is 21.9 Å². The quantitative estimate of drug-likeness (QED) is 0.557. The van der Waals surface area contributed by atoms with Crippen LogP contribution in [0.5, 0.6) is 5.75 Å². The first kappa shape index (κ1) is 21.7. The topological polar surface area (TPSA) is 32.8 Å². The van der Waals surface area contributed by atoms with Gasteiger partial charge in [0.25, 0.3) is 5.91 Å². The second-order valence-corrected chi connectivity index (χ2v) is 9.08. The molecule has 4 nitrogen and oxygen atoms in total. The Labute approximate surface area is 194 Å². The number of likely N-dealkylation sites (tertiary alicyclic amines) is 2. The van der Waals surface area contributed by atoms with Gasteiger partial charge in [0.05, 0.1) is 7.11 Å². The molecule has 33 heavy (non-hydrogen) atoms. The van der Waals surface area contributed by atoms with Crippen LogP contribution in [-0.2, 0) is 6.54 Å². The number of hydrogen-bond acceptors (Lipinski definition) is 3. The number of methoxy groups -OCH3 is 1. The summed E-state index contributed by atoms with van der Waals surface area (Å²) in [6.07, 6.45) is 0.942. The zero-order chi connectivity index (χ0) is 22.8. The van der Waals surface area contributed by atoms with Crippen LogP contribution >= 0.6 is 0 Å². The maximum Gasteiger partial charge on any atom is 0.254 e. The average Bonchev–Trinajstić information content (AvgIpc) is 3.24. The van der Waals surface area contributed by atoms with Gasteiger partial charge >= 0.3 is 0 Å². The number of amides is 1. The molecule has 2 saturated heterocycles.